The van der Waals surface area contributed by atoms with E-state index in [-0.39, 0.29) is 12.0 Å². The molecule has 2 atom stereocenters. The van der Waals surface area contributed by atoms with Gasteiger partial charge < -0.3 is 10.4 Å². The third kappa shape index (κ3) is 1.95. The van der Waals surface area contributed by atoms with Gasteiger partial charge in [0.15, 0.2) is 5.65 Å². The summed E-state index contributed by atoms with van der Waals surface area (Å²) in [5, 5.41) is 16.6. The molecule has 1 aliphatic rings. The zero-order valence-corrected chi connectivity index (χ0v) is 9.78. The molecule has 18 heavy (non-hydrogen) atoms. The molecule has 0 amide bonds. The Balaban J connectivity index is 1.87. The van der Waals surface area contributed by atoms with E-state index in [4.69, 9.17) is 5.11 Å². The number of carboxylic acid groups (broad SMARTS) is 1. The summed E-state index contributed by atoms with van der Waals surface area (Å²) >= 11 is 0. The summed E-state index contributed by atoms with van der Waals surface area (Å²) in [5.74, 6) is -1.00. The minimum absolute atomic E-state index is 0.00144. The van der Waals surface area contributed by atoms with Crippen molar-refractivity contribution in [2.45, 2.75) is 18.9 Å². The average Bonchev–Trinajstić information content (AvgIpc) is 2.82. The number of piperidine rings is 1. The minimum atomic E-state index is -0.719. The van der Waals surface area contributed by atoms with E-state index in [0.717, 1.165) is 11.3 Å². The van der Waals surface area contributed by atoms with Gasteiger partial charge in [-0.15, -0.1) is 0 Å². The standard InChI is InChI=1S/C12H14N4O2/c17-12(18)8-3-5-13-9(6-8)10-7-16-11(15-10)2-1-4-14-16/h1-2,4,7-9,13H,3,5-6H2,(H,17,18). The molecular formula is C12H14N4O2. The number of nitrogens with one attached hydrogen (secondary N) is 1. The Morgan fingerprint density at radius 2 is 2.44 bits per heavy atom. The van der Waals surface area contributed by atoms with Crippen LogP contribution in [0.1, 0.15) is 24.6 Å². The molecule has 94 valence electrons. The molecule has 0 bridgehead atoms. The van der Waals surface area contributed by atoms with Gasteiger partial charge in [0.25, 0.3) is 0 Å². The molecule has 6 heteroatoms. The molecule has 6 nitrogen and oxygen atoms in total. The van der Waals surface area contributed by atoms with Gasteiger partial charge in [-0.25, -0.2) is 9.50 Å². The maximum atomic E-state index is 11.0. The Kier molecular flexibility index (Phi) is 2.71. The smallest absolute Gasteiger partial charge is 0.306 e. The van der Waals surface area contributed by atoms with Crippen LogP contribution in [0.3, 0.4) is 0 Å². The van der Waals surface area contributed by atoms with E-state index in [1.54, 1.807) is 10.7 Å². The average molecular weight is 246 g/mol. The van der Waals surface area contributed by atoms with Crippen molar-refractivity contribution < 1.29 is 9.90 Å². The van der Waals surface area contributed by atoms with E-state index in [1.165, 1.54) is 0 Å². The van der Waals surface area contributed by atoms with Gasteiger partial charge in [-0.05, 0) is 31.5 Å². The van der Waals surface area contributed by atoms with Gasteiger partial charge in [-0.3, -0.25) is 4.79 Å². The number of aromatic nitrogens is 3. The minimum Gasteiger partial charge on any atom is -0.481 e. The molecule has 2 N–H and O–H groups in total. The highest BCUT2D eigenvalue weighted by atomic mass is 16.4. The summed E-state index contributed by atoms with van der Waals surface area (Å²) in [4.78, 5) is 15.5. The lowest BCUT2D eigenvalue weighted by Gasteiger charge is -2.26. The lowest BCUT2D eigenvalue weighted by Crippen LogP contribution is -2.35. The first-order valence-corrected chi connectivity index (χ1v) is 6.00. The monoisotopic (exact) mass is 246 g/mol. The summed E-state index contributed by atoms with van der Waals surface area (Å²) < 4.78 is 1.71. The molecule has 0 saturated carbocycles. The highest BCUT2D eigenvalue weighted by Crippen LogP contribution is 2.26. The first-order chi connectivity index (χ1) is 8.74. The zero-order valence-electron chi connectivity index (χ0n) is 9.78. The summed E-state index contributed by atoms with van der Waals surface area (Å²) in [6.45, 7) is 0.711. The Hall–Kier alpha value is -1.95. The molecular weight excluding hydrogens is 232 g/mol. The van der Waals surface area contributed by atoms with Crippen molar-refractivity contribution in [1.82, 2.24) is 19.9 Å². The first kappa shape index (κ1) is 11.2. The van der Waals surface area contributed by atoms with Gasteiger partial charge in [-0.1, -0.05) is 0 Å². The fourth-order valence-corrected chi connectivity index (χ4v) is 2.38. The number of carboxylic acids is 1. The molecule has 3 heterocycles. The second-order valence-electron chi connectivity index (χ2n) is 4.56. The molecule has 1 aliphatic heterocycles. The fourth-order valence-electron chi connectivity index (χ4n) is 2.38. The van der Waals surface area contributed by atoms with Crippen LogP contribution in [0.5, 0.6) is 0 Å². The fraction of sp³-hybridized carbons (Fsp3) is 0.417. The maximum absolute atomic E-state index is 11.0. The van der Waals surface area contributed by atoms with Crippen molar-refractivity contribution in [2.24, 2.45) is 5.92 Å². The number of rotatable bonds is 2. The number of hydrogen-bond donors (Lipinski definition) is 2. The Bertz CT molecular complexity index is 547. The van der Waals surface area contributed by atoms with Crippen LogP contribution in [0, 0.1) is 5.92 Å². The van der Waals surface area contributed by atoms with Crippen LogP contribution in [0.25, 0.3) is 5.65 Å². The second kappa shape index (κ2) is 4.38. The second-order valence-corrected chi connectivity index (χ2v) is 4.56. The zero-order chi connectivity index (χ0) is 12.5. The summed E-state index contributed by atoms with van der Waals surface area (Å²) in [5.41, 5.74) is 1.64. The number of imidazole rings is 1. The highest BCUT2D eigenvalue weighted by molar-refractivity contribution is 5.70. The van der Waals surface area contributed by atoms with Gasteiger partial charge in [-0.2, -0.15) is 5.10 Å². The van der Waals surface area contributed by atoms with Gasteiger partial charge >= 0.3 is 5.97 Å². The molecule has 3 rings (SSSR count). The van der Waals surface area contributed by atoms with Crippen molar-refractivity contribution in [2.75, 3.05) is 6.54 Å². The van der Waals surface area contributed by atoms with Crippen LogP contribution in [0.2, 0.25) is 0 Å². The Labute approximate surface area is 104 Å². The molecule has 1 fully saturated rings. The number of fused-ring (bicyclic) bond motifs is 1. The third-order valence-electron chi connectivity index (χ3n) is 3.37. The van der Waals surface area contributed by atoms with Gasteiger partial charge in [0.2, 0.25) is 0 Å². The maximum Gasteiger partial charge on any atom is 0.306 e. The molecule has 2 unspecified atom stereocenters. The lowest BCUT2D eigenvalue weighted by atomic mass is 9.91. The van der Waals surface area contributed by atoms with E-state index in [1.807, 2.05) is 18.3 Å². The molecule has 2 aromatic rings. The lowest BCUT2D eigenvalue weighted by molar-refractivity contribution is -0.143. The number of carbonyl (C=O) groups is 1. The first-order valence-electron chi connectivity index (χ1n) is 6.00. The quantitative estimate of drug-likeness (QED) is 0.821. The predicted molar refractivity (Wildman–Crippen MR) is 64.1 cm³/mol. The van der Waals surface area contributed by atoms with Crippen molar-refractivity contribution in [3.63, 3.8) is 0 Å². The van der Waals surface area contributed by atoms with Crippen LogP contribution in [-0.2, 0) is 4.79 Å². The highest BCUT2D eigenvalue weighted by Gasteiger charge is 2.28. The van der Waals surface area contributed by atoms with Crippen LogP contribution in [0.4, 0.5) is 0 Å². The SMILES string of the molecule is O=C(O)C1CCNC(c2cn3ncccc3n2)C1. The van der Waals surface area contributed by atoms with Crippen molar-refractivity contribution in [3.8, 4) is 0 Å². The van der Waals surface area contributed by atoms with Gasteiger partial charge in [0.1, 0.15) is 0 Å². The Morgan fingerprint density at radius 1 is 1.56 bits per heavy atom. The topological polar surface area (TPSA) is 79.5 Å². The number of nitrogens with zero attached hydrogens (tertiary/aromatic N) is 3. The molecule has 0 radical (unpaired) electrons. The predicted octanol–water partition coefficient (Wildman–Crippen LogP) is 0.855. The number of hydrogen-bond acceptors (Lipinski definition) is 4. The summed E-state index contributed by atoms with van der Waals surface area (Å²) in [6.07, 6.45) is 4.82. The van der Waals surface area contributed by atoms with E-state index < -0.39 is 5.97 Å². The van der Waals surface area contributed by atoms with Gasteiger partial charge in [0.05, 0.1) is 23.9 Å². The third-order valence-corrected chi connectivity index (χ3v) is 3.37. The Morgan fingerprint density at radius 3 is 3.22 bits per heavy atom. The van der Waals surface area contributed by atoms with Crippen molar-refractivity contribution >= 4 is 11.6 Å². The molecule has 0 aromatic carbocycles. The van der Waals surface area contributed by atoms with Crippen LogP contribution in [-0.4, -0.2) is 32.2 Å². The van der Waals surface area contributed by atoms with E-state index in [9.17, 15) is 4.79 Å². The largest absolute Gasteiger partial charge is 0.481 e. The van der Waals surface area contributed by atoms with Crippen molar-refractivity contribution in [3.05, 3.63) is 30.2 Å². The normalized spacial score (nSPS) is 24.2. The van der Waals surface area contributed by atoms with E-state index in [2.05, 4.69) is 15.4 Å². The van der Waals surface area contributed by atoms with Crippen LogP contribution >= 0.6 is 0 Å². The number of aliphatic carboxylic acids is 1. The molecule has 0 aliphatic carbocycles. The summed E-state index contributed by atoms with van der Waals surface area (Å²) in [7, 11) is 0. The van der Waals surface area contributed by atoms with Crippen molar-refractivity contribution in [1.29, 1.82) is 0 Å². The van der Waals surface area contributed by atoms with Crippen LogP contribution < -0.4 is 5.32 Å². The van der Waals surface area contributed by atoms with Gasteiger partial charge in [0, 0.05) is 6.20 Å². The molecule has 2 aromatic heterocycles. The van der Waals surface area contributed by atoms with E-state index >= 15 is 0 Å². The van der Waals surface area contributed by atoms with E-state index in [0.29, 0.717) is 19.4 Å². The van der Waals surface area contributed by atoms with Crippen LogP contribution in [0.15, 0.2) is 24.5 Å². The summed E-state index contributed by atoms with van der Waals surface area (Å²) in [6, 6.07) is 3.72. The molecule has 0 spiro atoms. The molecule has 1 saturated heterocycles.